The van der Waals surface area contributed by atoms with E-state index in [1.807, 2.05) is 0 Å². The quantitative estimate of drug-likeness (QED) is 0.829. The van der Waals surface area contributed by atoms with E-state index < -0.39 is 0 Å². The van der Waals surface area contributed by atoms with Gasteiger partial charge in [0.2, 0.25) is 0 Å². The van der Waals surface area contributed by atoms with Crippen LogP contribution < -0.4 is 5.73 Å². The molecule has 2 aliphatic rings. The van der Waals surface area contributed by atoms with Crippen LogP contribution in [0.15, 0.2) is 0 Å². The zero-order valence-electron chi connectivity index (χ0n) is 12.3. The van der Waals surface area contributed by atoms with E-state index in [9.17, 15) is 0 Å². The molecule has 18 heavy (non-hydrogen) atoms. The number of nitrogens with two attached hydrogens (primary N) is 1. The van der Waals surface area contributed by atoms with Crippen molar-refractivity contribution in [3.63, 3.8) is 0 Å². The van der Waals surface area contributed by atoms with Gasteiger partial charge in [0.05, 0.1) is 0 Å². The molecule has 1 aliphatic carbocycles. The van der Waals surface area contributed by atoms with Crippen molar-refractivity contribution >= 4 is 0 Å². The molecule has 0 aromatic rings. The summed E-state index contributed by atoms with van der Waals surface area (Å²) in [5, 5.41) is 0. The van der Waals surface area contributed by atoms with Crippen LogP contribution >= 0.6 is 0 Å². The fraction of sp³-hybridized carbons (Fsp3) is 1.00. The van der Waals surface area contributed by atoms with Gasteiger partial charge in [-0.05, 0) is 57.9 Å². The molecule has 3 nitrogen and oxygen atoms in total. The second kappa shape index (κ2) is 6.88. The molecule has 1 heterocycles. The molecule has 2 rings (SSSR count). The molecule has 0 atom stereocenters. The molecule has 0 amide bonds. The average Bonchev–Trinajstić information content (AvgIpc) is 2.40. The maximum atomic E-state index is 5.76. The third kappa shape index (κ3) is 3.94. The molecule has 3 heteroatoms. The lowest BCUT2D eigenvalue weighted by molar-refractivity contribution is 0.0876. The highest BCUT2D eigenvalue weighted by Crippen LogP contribution is 2.28. The van der Waals surface area contributed by atoms with Gasteiger partial charge in [0.25, 0.3) is 0 Å². The standard InChI is InChI=1S/C15H31N3/c1-13(2)18-9-7-17(8-10-18)12-15-5-3-14(11-16)4-6-15/h13-15H,3-12,16H2,1-2H3. The second-order valence-corrected chi connectivity index (χ2v) is 6.55. The summed E-state index contributed by atoms with van der Waals surface area (Å²) in [5.41, 5.74) is 5.76. The Bertz CT molecular complexity index is 226. The molecule has 1 saturated carbocycles. The summed E-state index contributed by atoms with van der Waals surface area (Å²) in [4.78, 5) is 5.29. The van der Waals surface area contributed by atoms with Gasteiger partial charge < -0.3 is 10.6 Å². The molecular weight excluding hydrogens is 222 g/mol. The highest BCUT2D eigenvalue weighted by atomic mass is 15.3. The van der Waals surface area contributed by atoms with Crippen LogP contribution in [0, 0.1) is 11.8 Å². The SMILES string of the molecule is CC(C)N1CCN(CC2CCC(CN)CC2)CC1. The first-order valence-electron chi connectivity index (χ1n) is 7.85. The minimum absolute atomic E-state index is 0.715. The highest BCUT2D eigenvalue weighted by molar-refractivity contribution is 4.79. The van der Waals surface area contributed by atoms with Crippen molar-refractivity contribution in [1.29, 1.82) is 0 Å². The lowest BCUT2D eigenvalue weighted by Crippen LogP contribution is -2.50. The smallest absolute Gasteiger partial charge is 0.0113 e. The Labute approximate surface area is 113 Å². The first-order chi connectivity index (χ1) is 8.69. The van der Waals surface area contributed by atoms with Crippen LogP contribution in [0.5, 0.6) is 0 Å². The van der Waals surface area contributed by atoms with Crippen LogP contribution in [0.2, 0.25) is 0 Å². The molecule has 0 radical (unpaired) electrons. The van der Waals surface area contributed by atoms with Gasteiger partial charge in [-0.25, -0.2) is 0 Å². The first kappa shape index (κ1) is 14.3. The molecule has 0 bridgehead atoms. The van der Waals surface area contributed by atoms with E-state index in [0.29, 0.717) is 6.04 Å². The molecule has 0 aromatic heterocycles. The summed E-state index contributed by atoms with van der Waals surface area (Å²) in [6.45, 7) is 11.9. The lowest BCUT2D eigenvalue weighted by Gasteiger charge is -2.39. The predicted octanol–water partition coefficient (Wildman–Crippen LogP) is 1.78. The molecule has 2 N–H and O–H groups in total. The van der Waals surface area contributed by atoms with Crippen molar-refractivity contribution in [3.8, 4) is 0 Å². The molecule has 0 unspecified atom stereocenters. The van der Waals surface area contributed by atoms with Crippen LogP contribution in [0.1, 0.15) is 39.5 Å². The topological polar surface area (TPSA) is 32.5 Å². The maximum Gasteiger partial charge on any atom is 0.0113 e. The van der Waals surface area contributed by atoms with Crippen molar-refractivity contribution < 1.29 is 0 Å². The summed E-state index contributed by atoms with van der Waals surface area (Å²) >= 11 is 0. The first-order valence-corrected chi connectivity index (χ1v) is 7.85. The zero-order chi connectivity index (χ0) is 13.0. The summed E-state index contributed by atoms with van der Waals surface area (Å²) in [5.74, 6) is 1.76. The average molecular weight is 253 g/mol. The minimum Gasteiger partial charge on any atom is -0.330 e. The van der Waals surface area contributed by atoms with Crippen molar-refractivity contribution in [2.24, 2.45) is 17.6 Å². The van der Waals surface area contributed by atoms with E-state index in [1.54, 1.807) is 0 Å². The Morgan fingerprint density at radius 3 is 2.00 bits per heavy atom. The van der Waals surface area contributed by atoms with E-state index in [0.717, 1.165) is 18.4 Å². The van der Waals surface area contributed by atoms with E-state index >= 15 is 0 Å². The zero-order valence-corrected chi connectivity index (χ0v) is 12.3. The van der Waals surface area contributed by atoms with Gasteiger partial charge >= 0.3 is 0 Å². The van der Waals surface area contributed by atoms with Crippen LogP contribution in [0.4, 0.5) is 0 Å². The minimum atomic E-state index is 0.715. The Hall–Kier alpha value is -0.120. The largest absolute Gasteiger partial charge is 0.330 e. The molecule has 0 spiro atoms. The van der Waals surface area contributed by atoms with Crippen molar-refractivity contribution in [1.82, 2.24) is 9.80 Å². The normalized spacial score (nSPS) is 32.0. The molecule has 1 aliphatic heterocycles. The van der Waals surface area contributed by atoms with Gasteiger partial charge in [0, 0.05) is 38.8 Å². The Kier molecular flexibility index (Phi) is 5.46. The predicted molar refractivity (Wildman–Crippen MR) is 77.7 cm³/mol. The number of hydrogen-bond acceptors (Lipinski definition) is 3. The third-order valence-corrected chi connectivity index (χ3v) is 4.95. The van der Waals surface area contributed by atoms with Gasteiger partial charge in [-0.15, -0.1) is 0 Å². The van der Waals surface area contributed by atoms with Gasteiger partial charge in [-0.3, -0.25) is 4.90 Å². The Morgan fingerprint density at radius 1 is 0.944 bits per heavy atom. The number of piperazine rings is 1. The van der Waals surface area contributed by atoms with E-state index in [-0.39, 0.29) is 0 Å². The number of nitrogens with zero attached hydrogens (tertiary/aromatic N) is 2. The van der Waals surface area contributed by atoms with Crippen molar-refractivity contribution in [3.05, 3.63) is 0 Å². The van der Waals surface area contributed by atoms with Gasteiger partial charge in [-0.2, -0.15) is 0 Å². The van der Waals surface area contributed by atoms with Crippen LogP contribution in [0.3, 0.4) is 0 Å². The summed E-state index contributed by atoms with van der Waals surface area (Å²) < 4.78 is 0. The van der Waals surface area contributed by atoms with Gasteiger partial charge in [0.1, 0.15) is 0 Å². The summed E-state index contributed by atoms with van der Waals surface area (Å²) in [6, 6.07) is 0.715. The van der Waals surface area contributed by atoms with Gasteiger partial charge in [0.15, 0.2) is 0 Å². The number of hydrogen-bond donors (Lipinski definition) is 1. The van der Waals surface area contributed by atoms with Crippen molar-refractivity contribution in [2.45, 2.75) is 45.6 Å². The lowest BCUT2D eigenvalue weighted by atomic mass is 9.82. The maximum absolute atomic E-state index is 5.76. The van der Waals surface area contributed by atoms with Crippen molar-refractivity contribution in [2.75, 3.05) is 39.3 Å². The summed E-state index contributed by atoms with van der Waals surface area (Å²) in [6.07, 6.45) is 5.55. The monoisotopic (exact) mass is 253 g/mol. The van der Waals surface area contributed by atoms with Gasteiger partial charge in [-0.1, -0.05) is 0 Å². The van der Waals surface area contributed by atoms with E-state index in [2.05, 4.69) is 23.6 Å². The van der Waals surface area contributed by atoms with Crippen LogP contribution in [-0.2, 0) is 0 Å². The molecule has 2 fully saturated rings. The number of rotatable bonds is 4. The molecule has 106 valence electrons. The second-order valence-electron chi connectivity index (χ2n) is 6.55. The Morgan fingerprint density at radius 2 is 1.50 bits per heavy atom. The van der Waals surface area contributed by atoms with E-state index in [1.165, 1.54) is 58.4 Å². The van der Waals surface area contributed by atoms with E-state index in [4.69, 9.17) is 5.73 Å². The summed E-state index contributed by atoms with van der Waals surface area (Å²) in [7, 11) is 0. The Balaban J connectivity index is 1.66. The highest BCUT2D eigenvalue weighted by Gasteiger charge is 2.24. The molecular formula is C15H31N3. The fourth-order valence-corrected chi connectivity index (χ4v) is 3.48. The molecule has 1 saturated heterocycles. The fourth-order valence-electron chi connectivity index (χ4n) is 3.48. The molecule has 0 aromatic carbocycles. The van der Waals surface area contributed by atoms with Crippen LogP contribution in [-0.4, -0.2) is 55.1 Å². The third-order valence-electron chi connectivity index (χ3n) is 4.95. The van der Waals surface area contributed by atoms with Crippen LogP contribution in [0.25, 0.3) is 0 Å².